The third-order valence-corrected chi connectivity index (χ3v) is 5.91. The smallest absolute Gasteiger partial charge is 0.266 e. The van der Waals surface area contributed by atoms with Crippen molar-refractivity contribution >= 4 is 56.9 Å². The lowest BCUT2D eigenvalue weighted by Crippen LogP contribution is -2.20. The minimum Gasteiger partial charge on any atom is -0.338 e. The monoisotopic (exact) mass is 453 g/mol. The molecule has 1 N–H and O–H groups in total. The number of fused-ring (bicyclic) bond motifs is 2. The number of rotatable bonds is 3. The number of aromatic nitrogens is 5. The molecule has 0 saturated heterocycles. The second-order valence-electron chi connectivity index (χ2n) is 6.51. The van der Waals surface area contributed by atoms with Crippen LogP contribution >= 0.6 is 35.0 Å². The number of aromatic amines is 1. The van der Waals surface area contributed by atoms with Crippen molar-refractivity contribution < 1.29 is 0 Å². The van der Waals surface area contributed by atoms with E-state index in [2.05, 4.69) is 15.0 Å². The number of nitrogens with one attached hydrogen (secondary N) is 1. The highest BCUT2D eigenvalue weighted by molar-refractivity contribution is 7.98. The molecule has 0 aliphatic rings. The third-order valence-electron chi connectivity index (χ3n) is 4.73. The van der Waals surface area contributed by atoms with E-state index in [1.54, 1.807) is 24.4 Å². The maximum absolute atomic E-state index is 13.3. The Morgan fingerprint density at radius 3 is 2.53 bits per heavy atom. The van der Waals surface area contributed by atoms with Crippen LogP contribution in [0.15, 0.2) is 64.8 Å². The van der Waals surface area contributed by atoms with Gasteiger partial charge in [-0.25, -0.2) is 15.0 Å². The molecule has 0 fully saturated rings. The molecular formula is C21H13Cl2N5OS. The van der Waals surface area contributed by atoms with Crippen LogP contribution in [0, 0.1) is 0 Å². The Bertz CT molecular complexity index is 1440. The van der Waals surface area contributed by atoms with Crippen molar-refractivity contribution in [3.05, 3.63) is 75.3 Å². The van der Waals surface area contributed by atoms with Gasteiger partial charge in [0.2, 0.25) is 0 Å². The molecule has 0 bridgehead atoms. The number of H-pyrrole nitrogens is 1. The first-order chi connectivity index (χ1) is 14.6. The number of hydrogen-bond donors (Lipinski definition) is 1. The predicted octanol–water partition coefficient (Wildman–Crippen LogP) is 5.35. The number of nitrogens with zero attached hydrogens (tertiary/aromatic N) is 4. The highest BCUT2D eigenvalue weighted by Gasteiger charge is 2.19. The molecule has 3 heterocycles. The first kappa shape index (κ1) is 19.1. The summed E-state index contributed by atoms with van der Waals surface area (Å²) in [4.78, 5) is 30.2. The van der Waals surface area contributed by atoms with Crippen LogP contribution in [0.5, 0.6) is 0 Å². The van der Waals surface area contributed by atoms with Crippen molar-refractivity contribution in [2.45, 2.75) is 5.16 Å². The Morgan fingerprint density at radius 2 is 1.80 bits per heavy atom. The number of benzene rings is 2. The Labute approximate surface area is 184 Å². The number of para-hydroxylation sites is 3. The van der Waals surface area contributed by atoms with Gasteiger partial charge in [-0.2, -0.15) is 0 Å². The summed E-state index contributed by atoms with van der Waals surface area (Å²) in [5.74, 6) is 0.587. The van der Waals surface area contributed by atoms with Crippen LogP contribution in [0.2, 0.25) is 10.0 Å². The van der Waals surface area contributed by atoms with Gasteiger partial charge in [0.15, 0.2) is 5.16 Å². The van der Waals surface area contributed by atoms with Gasteiger partial charge in [0.05, 0.1) is 43.2 Å². The first-order valence-electron chi connectivity index (χ1n) is 8.92. The van der Waals surface area contributed by atoms with E-state index in [-0.39, 0.29) is 5.56 Å². The van der Waals surface area contributed by atoms with Gasteiger partial charge < -0.3 is 4.98 Å². The van der Waals surface area contributed by atoms with Crippen LogP contribution in [0.1, 0.15) is 0 Å². The lowest BCUT2D eigenvalue weighted by molar-refractivity contribution is 0.969. The molecule has 0 aliphatic carbocycles. The Hall–Kier alpha value is -2.87. The molecule has 148 valence electrons. The highest BCUT2D eigenvalue weighted by atomic mass is 35.5. The van der Waals surface area contributed by atoms with Crippen LogP contribution < -0.4 is 5.56 Å². The van der Waals surface area contributed by atoms with Gasteiger partial charge in [0.1, 0.15) is 5.82 Å². The second kappa shape index (κ2) is 7.43. The summed E-state index contributed by atoms with van der Waals surface area (Å²) < 4.78 is 1.43. The quantitative estimate of drug-likeness (QED) is 0.294. The van der Waals surface area contributed by atoms with Crippen molar-refractivity contribution in [3.63, 3.8) is 0 Å². The average molecular weight is 454 g/mol. The summed E-state index contributed by atoms with van der Waals surface area (Å²) in [6.07, 6.45) is 5.09. The normalized spacial score (nSPS) is 11.4. The molecule has 0 aliphatic heterocycles. The van der Waals surface area contributed by atoms with Crippen molar-refractivity contribution in [2.75, 3.05) is 6.26 Å². The van der Waals surface area contributed by atoms with Crippen LogP contribution in [0.3, 0.4) is 0 Å². The van der Waals surface area contributed by atoms with Gasteiger partial charge in [-0.15, -0.1) is 0 Å². The molecule has 0 unspecified atom stereocenters. The molecule has 6 nitrogen and oxygen atoms in total. The number of imidazole rings is 1. The van der Waals surface area contributed by atoms with Crippen LogP contribution in [0.4, 0.5) is 0 Å². The van der Waals surface area contributed by atoms with Gasteiger partial charge in [-0.05, 0) is 30.5 Å². The van der Waals surface area contributed by atoms with Crippen molar-refractivity contribution in [1.29, 1.82) is 0 Å². The molecule has 0 amide bonds. The van der Waals surface area contributed by atoms with E-state index in [0.29, 0.717) is 43.2 Å². The van der Waals surface area contributed by atoms with Crippen LogP contribution in [0.25, 0.3) is 39.0 Å². The highest BCUT2D eigenvalue weighted by Crippen LogP contribution is 2.31. The largest absolute Gasteiger partial charge is 0.338 e. The Balaban J connectivity index is 1.90. The van der Waals surface area contributed by atoms with E-state index in [1.165, 1.54) is 22.5 Å². The topological polar surface area (TPSA) is 76.5 Å². The molecule has 0 radical (unpaired) electrons. The number of hydrogen-bond acceptors (Lipinski definition) is 5. The van der Waals surface area contributed by atoms with Gasteiger partial charge >= 0.3 is 0 Å². The number of halogens is 2. The zero-order valence-electron chi connectivity index (χ0n) is 15.6. The first-order valence-corrected chi connectivity index (χ1v) is 10.9. The van der Waals surface area contributed by atoms with Crippen molar-refractivity contribution in [3.8, 4) is 17.1 Å². The molecule has 5 rings (SSSR count). The SMILES string of the molecule is CSc1ncc2c(=O)n(-c3c(Cl)cccc3Cl)cc(-c3nc4ccccc4[nH]3)c2n1. The Kier molecular flexibility index (Phi) is 4.73. The van der Waals surface area contributed by atoms with E-state index < -0.39 is 0 Å². The molecule has 3 aromatic heterocycles. The molecule has 0 saturated carbocycles. The van der Waals surface area contributed by atoms with E-state index >= 15 is 0 Å². The van der Waals surface area contributed by atoms with Gasteiger partial charge in [-0.3, -0.25) is 9.36 Å². The standard InChI is InChI=1S/C21H13Cl2N5OS/c1-30-21-24-9-11-17(27-21)12(19-25-15-7-2-3-8-16(15)26-19)10-28(20(11)29)18-13(22)5-4-6-14(18)23/h2-10H,1H3,(H,25,26). The lowest BCUT2D eigenvalue weighted by Gasteiger charge is -2.13. The van der Waals surface area contributed by atoms with E-state index in [0.717, 1.165) is 11.0 Å². The zero-order chi connectivity index (χ0) is 20.8. The fourth-order valence-corrected chi connectivity index (χ4v) is 4.26. The van der Waals surface area contributed by atoms with Crippen molar-refractivity contribution in [1.82, 2.24) is 24.5 Å². The molecule has 30 heavy (non-hydrogen) atoms. The summed E-state index contributed by atoms with van der Waals surface area (Å²) >= 11 is 14.2. The van der Waals surface area contributed by atoms with Crippen LogP contribution in [-0.4, -0.2) is 30.8 Å². The van der Waals surface area contributed by atoms with E-state index in [9.17, 15) is 4.79 Å². The minimum atomic E-state index is -0.312. The summed E-state index contributed by atoms with van der Waals surface area (Å²) in [5.41, 5.74) is 2.94. The molecule has 0 atom stereocenters. The summed E-state index contributed by atoms with van der Waals surface area (Å²) in [7, 11) is 0. The van der Waals surface area contributed by atoms with Gasteiger partial charge in [-0.1, -0.05) is 53.2 Å². The fraction of sp³-hybridized carbons (Fsp3) is 0.0476. The average Bonchev–Trinajstić information content (AvgIpc) is 3.18. The second-order valence-corrected chi connectivity index (χ2v) is 8.10. The fourth-order valence-electron chi connectivity index (χ4n) is 3.34. The van der Waals surface area contributed by atoms with E-state index in [1.807, 2.05) is 30.5 Å². The van der Waals surface area contributed by atoms with Gasteiger partial charge in [0, 0.05) is 12.4 Å². The molecule has 9 heteroatoms. The summed E-state index contributed by atoms with van der Waals surface area (Å²) in [6, 6.07) is 12.8. The maximum atomic E-state index is 13.3. The summed E-state index contributed by atoms with van der Waals surface area (Å²) in [6.45, 7) is 0. The van der Waals surface area contributed by atoms with Crippen molar-refractivity contribution in [2.24, 2.45) is 0 Å². The number of thioether (sulfide) groups is 1. The molecule has 0 spiro atoms. The molecule has 2 aromatic carbocycles. The zero-order valence-corrected chi connectivity index (χ0v) is 17.9. The maximum Gasteiger partial charge on any atom is 0.266 e. The third kappa shape index (κ3) is 3.06. The van der Waals surface area contributed by atoms with Crippen LogP contribution in [-0.2, 0) is 0 Å². The number of pyridine rings is 1. The minimum absolute atomic E-state index is 0.312. The Morgan fingerprint density at radius 1 is 1.03 bits per heavy atom. The lowest BCUT2D eigenvalue weighted by atomic mass is 10.1. The van der Waals surface area contributed by atoms with Gasteiger partial charge in [0.25, 0.3) is 5.56 Å². The van der Waals surface area contributed by atoms with E-state index in [4.69, 9.17) is 28.2 Å². The molecular weight excluding hydrogens is 441 g/mol. The summed E-state index contributed by atoms with van der Waals surface area (Å²) in [5, 5.41) is 1.64. The molecule has 5 aromatic rings. The predicted molar refractivity (Wildman–Crippen MR) is 122 cm³/mol.